The van der Waals surface area contributed by atoms with Gasteiger partial charge in [0.15, 0.2) is 0 Å². The van der Waals surface area contributed by atoms with E-state index in [-0.39, 0.29) is 0 Å². The van der Waals surface area contributed by atoms with Crippen molar-refractivity contribution < 1.29 is 9.63 Å². The lowest BCUT2D eigenvalue weighted by Gasteiger charge is -2.10. The number of amides is 1. The summed E-state index contributed by atoms with van der Waals surface area (Å²) in [5.74, 6) is -0.420. The van der Waals surface area contributed by atoms with Gasteiger partial charge in [-0.25, -0.2) is 0 Å². The van der Waals surface area contributed by atoms with E-state index in [1.165, 1.54) is 7.11 Å². The van der Waals surface area contributed by atoms with Crippen LogP contribution in [0.2, 0.25) is 0 Å². The molecule has 0 atom stereocenters. The molecular weight excluding hydrogens is 337 g/mol. The SMILES string of the molecule is CON(Cl)C(=O)c1cc(Br)cc(Br)c1. The predicted octanol–water partition coefficient (Wildman–Crippen LogP) is 3.37. The Bertz CT molecular complexity index is 339. The molecule has 1 rings (SSSR count). The van der Waals surface area contributed by atoms with Crippen molar-refractivity contribution in [3.05, 3.63) is 32.7 Å². The number of benzene rings is 1. The molecule has 0 aromatic heterocycles. The van der Waals surface area contributed by atoms with Gasteiger partial charge in [-0.3, -0.25) is 9.63 Å². The third-order valence-electron chi connectivity index (χ3n) is 1.43. The van der Waals surface area contributed by atoms with E-state index in [0.717, 1.165) is 8.95 Å². The maximum absolute atomic E-state index is 11.5. The van der Waals surface area contributed by atoms with E-state index < -0.39 is 5.91 Å². The van der Waals surface area contributed by atoms with Gasteiger partial charge in [-0.2, -0.15) is 0 Å². The zero-order valence-electron chi connectivity index (χ0n) is 7.13. The minimum atomic E-state index is -0.420. The second kappa shape index (κ2) is 5.11. The van der Waals surface area contributed by atoms with Crippen molar-refractivity contribution in [3.8, 4) is 0 Å². The van der Waals surface area contributed by atoms with Gasteiger partial charge in [-0.1, -0.05) is 31.9 Å². The molecule has 0 saturated carbocycles. The first-order valence-electron chi connectivity index (χ1n) is 3.55. The third-order valence-corrected chi connectivity index (χ3v) is 2.64. The quantitative estimate of drug-likeness (QED) is 0.609. The first-order valence-corrected chi connectivity index (χ1v) is 5.47. The maximum atomic E-state index is 11.5. The predicted molar refractivity (Wildman–Crippen MR) is 60.9 cm³/mol. The van der Waals surface area contributed by atoms with Gasteiger partial charge in [0.2, 0.25) is 0 Å². The van der Waals surface area contributed by atoms with Crippen molar-refractivity contribution in [2.45, 2.75) is 0 Å². The molecule has 0 unspecified atom stereocenters. The van der Waals surface area contributed by atoms with Crippen LogP contribution in [0.4, 0.5) is 0 Å². The van der Waals surface area contributed by atoms with Gasteiger partial charge in [-0.15, -0.1) is 4.58 Å². The van der Waals surface area contributed by atoms with Gasteiger partial charge in [0, 0.05) is 26.3 Å². The Balaban J connectivity index is 3.01. The fourth-order valence-corrected chi connectivity index (χ4v) is 2.25. The Morgan fingerprint density at radius 1 is 1.36 bits per heavy atom. The van der Waals surface area contributed by atoms with Gasteiger partial charge in [0.05, 0.1) is 7.11 Å². The van der Waals surface area contributed by atoms with Crippen LogP contribution in [-0.2, 0) is 4.84 Å². The molecule has 14 heavy (non-hydrogen) atoms. The molecule has 0 aliphatic carbocycles. The molecule has 0 aliphatic heterocycles. The lowest BCUT2D eigenvalue weighted by Crippen LogP contribution is -2.20. The normalized spacial score (nSPS) is 10.0. The van der Waals surface area contributed by atoms with E-state index in [2.05, 4.69) is 36.7 Å². The molecule has 3 nitrogen and oxygen atoms in total. The van der Waals surface area contributed by atoms with Crippen LogP contribution in [0.25, 0.3) is 0 Å². The highest BCUT2D eigenvalue weighted by Crippen LogP contribution is 2.21. The highest BCUT2D eigenvalue weighted by Gasteiger charge is 2.14. The molecule has 76 valence electrons. The highest BCUT2D eigenvalue weighted by molar-refractivity contribution is 9.11. The molecule has 0 bridgehead atoms. The Hall–Kier alpha value is -0.100. The molecule has 0 heterocycles. The van der Waals surface area contributed by atoms with Crippen LogP contribution >= 0.6 is 43.6 Å². The highest BCUT2D eigenvalue weighted by atomic mass is 79.9. The number of nitrogens with zero attached hydrogens (tertiary/aromatic N) is 1. The average Bonchev–Trinajstić information content (AvgIpc) is 2.14. The van der Waals surface area contributed by atoms with Crippen molar-refractivity contribution in [1.29, 1.82) is 0 Å². The van der Waals surface area contributed by atoms with Crippen LogP contribution < -0.4 is 0 Å². The second-order valence-electron chi connectivity index (χ2n) is 2.39. The summed E-state index contributed by atoms with van der Waals surface area (Å²) < 4.78 is 2.22. The van der Waals surface area contributed by atoms with Crippen LogP contribution in [-0.4, -0.2) is 17.6 Å². The van der Waals surface area contributed by atoms with Crippen molar-refractivity contribution in [2.24, 2.45) is 0 Å². The molecule has 6 heteroatoms. The first-order chi connectivity index (χ1) is 6.54. The summed E-state index contributed by atoms with van der Waals surface area (Å²) in [6, 6.07) is 5.13. The minimum Gasteiger partial charge on any atom is -0.265 e. The Morgan fingerprint density at radius 2 is 1.86 bits per heavy atom. The summed E-state index contributed by atoms with van der Waals surface area (Å²) in [6.45, 7) is 0. The topological polar surface area (TPSA) is 29.5 Å². The van der Waals surface area contributed by atoms with Crippen LogP contribution in [0, 0.1) is 0 Å². The lowest BCUT2D eigenvalue weighted by molar-refractivity contribution is -0.0274. The Kier molecular flexibility index (Phi) is 4.37. The van der Waals surface area contributed by atoms with Gasteiger partial charge in [0.1, 0.15) is 0 Å². The summed E-state index contributed by atoms with van der Waals surface area (Å²) in [4.78, 5) is 16.1. The van der Waals surface area contributed by atoms with Crippen LogP contribution in [0.15, 0.2) is 27.1 Å². The molecule has 0 spiro atoms. The summed E-state index contributed by atoms with van der Waals surface area (Å²) in [7, 11) is 1.32. The van der Waals surface area contributed by atoms with E-state index in [1.807, 2.05) is 6.07 Å². The number of carbonyl (C=O) groups excluding carboxylic acids is 1. The van der Waals surface area contributed by atoms with Gasteiger partial charge in [0.25, 0.3) is 5.91 Å². The Labute approximate surface area is 103 Å². The second-order valence-corrected chi connectivity index (χ2v) is 4.53. The number of rotatable bonds is 2. The van der Waals surface area contributed by atoms with E-state index in [1.54, 1.807) is 12.1 Å². The third kappa shape index (κ3) is 2.95. The number of hydrogen-bond acceptors (Lipinski definition) is 2. The van der Waals surface area contributed by atoms with Crippen LogP contribution in [0.1, 0.15) is 10.4 Å². The average molecular weight is 343 g/mol. The van der Waals surface area contributed by atoms with Gasteiger partial charge >= 0.3 is 0 Å². The van der Waals surface area contributed by atoms with Crippen molar-refractivity contribution >= 4 is 49.5 Å². The fraction of sp³-hybridized carbons (Fsp3) is 0.125. The van der Waals surface area contributed by atoms with Gasteiger partial charge in [-0.05, 0) is 18.2 Å². The molecule has 1 aromatic rings. The van der Waals surface area contributed by atoms with Crippen molar-refractivity contribution in [1.82, 2.24) is 4.58 Å². The Morgan fingerprint density at radius 3 is 2.29 bits per heavy atom. The molecule has 0 aliphatic rings. The van der Waals surface area contributed by atoms with E-state index in [9.17, 15) is 4.79 Å². The molecular formula is C8H6Br2ClNO2. The molecule has 0 fully saturated rings. The van der Waals surface area contributed by atoms with Gasteiger partial charge < -0.3 is 0 Å². The summed E-state index contributed by atoms with van der Waals surface area (Å²) >= 11 is 12.0. The number of halogens is 3. The van der Waals surface area contributed by atoms with Crippen LogP contribution in [0.3, 0.4) is 0 Å². The zero-order chi connectivity index (χ0) is 10.7. The summed E-state index contributed by atoms with van der Waals surface area (Å²) in [5.41, 5.74) is 0.433. The lowest BCUT2D eigenvalue weighted by atomic mass is 10.2. The van der Waals surface area contributed by atoms with E-state index >= 15 is 0 Å². The molecule has 0 radical (unpaired) electrons. The fourth-order valence-electron chi connectivity index (χ4n) is 0.862. The largest absolute Gasteiger partial charge is 0.292 e. The van der Waals surface area contributed by atoms with E-state index in [0.29, 0.717) is 10.1 Å². The number of hydrogen-bond donors (Lipinski definition) is 0. The standard InChI is InChI=1S/C8H6Br2ClNO2/c1-14-12(11)8(13)5-2-6(9)4-7(10)3-5/h2-4H,1H3. The van der Waals surface area contributed by atoms with E-state index in [4.69, 9.17) is 11.8 Å². The molecule has 1 aromatic carbocycles. The smallest absolute Gasteiger partial charge is 0.265 e. The van der Waals surface area contributed by atoms with Crippen LogP contribution in [0.5, 0.6) is 0 Å². The molecule has 0 saturated heterocycles. The monoisotopic (exact) mass is 341 g/mol. The molecule has 1 amide bonds. The van der Waals surface area contributed by atoms with Crippen molar-refractivity contribution in [2.75, 3.05) is 7.11 Å². The summed E-state index contributed by atoms with van der Waals surface area (Å²) in [5, 5.41) is 0. The minimum absolute atomic E-state index is 0.420. The number of carbonyl (C=O) groups is 1. The van der Waals surface area contributed by atoms with Crippen molar-refractivity contribution in [3.63, 3.8) is 0 Å². The molecule has 0 N–H and O–H groups in total. The number of hydroxylamine groups is 1. The maximum Gasteiger partial charge on any atom is 0.292 e. The summed E-state index contributed by atoms with van der Waals surface area (Å²) in [6.07, 6.45) is 0. The first kappa shape index (κ1) is 12.0. The zero-order valence-corrected chi connectivity index (χ0v) is 11.1.